The summed E-state index contributed by atoms with van der Waals surface area (Å²) in [5.74, 6) is -0.299. The Bertz CT molecular complexity index is 1590. The Morgan fingerprint density at radius 3 is 2.54 bits per heavy atom. The van der Waals surface area contributed by atoms with Gasteiger partial charge in [0.2, 0.25) is 0 Å². The topological polar surface area (TPSA) is 128 Å². The first kappa shape index (κ1) is 28.8. The number of hydrogen-bond donors (Lipinski definition) is 2. The van der Waals surface area contributed by atoms with Crippen molar-refractivity contribution in [3.05, 3.63) is 59.9 Å². The maximum atomic E-state index is 14.6. The fraction of sp³-hybridized carbons (Fsp3) is 0.433. The minimum Gasteiger partial charge on any atom is -0.493 e. The van der Waals surface area contributed by atoms with Gasteiger partial charge in [0.1, 0.15) is 23.2 Å². The van der Waals surface area contributed by atoms with E-state index in [1.165, 1.54) is 36.4 Å². The highest BCUT2D eigenvalue weighted by atomic mass is 32.2. The zero-order valence-corrected chi connectivity index (χ0v) is 24.6. The Labute approximate surface area is 240 Å². The summed E-state index contributed by atoms with van der Waals surface area (Å²) in [6, 6.07) is 11.7. The fourth-order valence-corrected chi connectivity index (χ4v) is 6.79. The minimum atomic E-state index is -4.31. The molecule has 1 aromatic carbocycles. The molecule has 0 atom stereocenters. The predicted molar refractivity (Wildman–Crippen MR) is 156 cm³/mol. The number of hydrogen-bond acceptors (Lipinski definition) is 8. The number of anilines is 2. The van der Waals surface area contributed by atoms with Crippen molar-refractivity contribution in [1.82, 2.24) is 14.7 Å². The van der Waals surface area contributed by atoms with E-state index in [0.29, 0.717) is 36.0 Å². The average Bonchev–Trinajstić information content (AvgIpc) is 3.18. The fourth-order valence-electron chi connectivity index (χ4n) is 5.85. The summed E-state index contributed by atoms with van der Waals surface area (Å²) in [6.07, 6.45) is 4.25. The van der Waals surface area contributed by atoms with Crippen LogP contribution in [0.4, 0.5) is 16.0 Å². The first-order valence-electron chi connectivity index (χ1n) is 13.8. The summed E-state index contributed by atoms with van der Waals surface area (Å²) in [4.78, 5) is 24.4. The van der Waals surface area contributed by atoms with Crippen LogP contribution in [0.3, 0.4) is 0 Å². The molecule has 1 aliphatic carbocycles. The quantitative estimate of drug-likeness (QED) is 0.373. The van der Waals surface area contributed by atoms with Crippen molar-refractivity contribution in [1.29, 1.82) is 0 Å². The van der Waals surface area contributed by atoms with Crippen LogP contribution in [0.25, 0.3) is 11.3 Å². The van der Waals surface area contributed by atoms with Crippen molar-refractivity contribution in [3.63, 3.8) is 0 Å². The molecule has 218 valence electrons. The molecule has 0 unspecified atom stereocenters. The van der Waals surface area contributed by atoms with Gasteiger partial charge in [-0.1, -0.05) is 26.3 Å². The second-order valence-corrected chi connectivity index (χ2v) is 13.8. The molecule has 1 aliphatic heterocycles. The standard InChI is InChI=1S/C30H36FN5O4S/c1-19(2)16-40-22-14-20(13-21(31)15-22)24-10-9-23(28(37)35-41(38,39)26-8-5-7-25(32)34-26)27(33-24)36-18-30(11-6-12-30)17-29(36,3)4/h5,7-10,13-15,19H,6,11-12,16-18H2,1-4H3,(H2,32,34)(H,35,37). The van der Waals surface area contributed by atoms with Crippen molar-refractivity contribution in [3.8, 4) is 17.0 Å². The van der Waals surface area contributed by atoms with E-state index >= 15 is 0 Å². The number of ether oxygens (including phenoxy) is 1. The van der Waals surface area contributed by atoms with Gasteiger partial charge in [-0.3, -0.25) is 4.79 Å². The van der Waals surface area contributed by atoms with Crippen LogP contribution in [0.5, 0.6) is 5.75 Å². The first-order valence-corrected chi connectivity index (χ1v) is 15.3. The lowest BCUT2D eigenvalue weighted by Crippen LogP contribution is -2.41. The molecule has 1 spiro atoms. The molecular formula is C30H36FN5O4S. The molecule has 3 heterocycles. The molecule has 11 heteroatoms. The molecule has 2 aliphatic rings. The van der Waals surface area contributed by atoms with Gasteiger partial charge in [0, 0.05) is 23.7 Å². The maximum absolute atomic E-state index is 14.6. The number of carbonyl (C=O) groups excluding carboxylic acids is 1. The van der Waals surface area contributed by atoms with Gasteiger partial charge in [-0.2, -0.15) is 8.42 Å². The van der Waals surface area contributed by atoms with E-state index in [-0.39, 0.29) is 33.3 Å². The molecule has 0 bridgehead atoms. The second kappa shape index (κ2) is 10.6. The number of nitrogens with zero attached hydrogens (tertiary/aromatic N) is 3. The van der Waals surface area contributed by atoms with Gasteiger partial charge in [-0.25, -0.2) is 19.1 Å². The molecule has 1 saturated heterocycles. The van der Waals surface area contributed by atoms with Gasteiger partial charge in [-0.05, 0) is 80.8 Å². The van der Waals surface area contributed by atoms with Crippen molar-refractivity contribution >= 4 is 27.6 Å². The van der Waals surface area contributed by atoms with Crippen LogP contribution in [-0.4, -0.2) is 43.0 Å². The molecule has 0 radical (unpaired) electrons. The summed E-state index contributed by atoms with van der Waals surface area (Å²) in [6.45, 7) is 9.33. The number of rotatable bonds is 8. The largest absolute Gasteiger partial charge is 0.493 e. The Hall–Kier alpha value is -3.73. The molecular weight excluding hydrogens is 545 g/mol. The van der Waals surface area contributed by atoms with Crippen LogP contribution in [0.1, 0.15) is 63.7 Å². The summed E-state index contributed by atoms with van der Waals surface area (Å²) < 4.78 is 48.6. The molecule has 1 amide bonds. The predicted octanol–water partition coefficient (Wildman–Crippen LogP) is 5.18. The number of nitrogens with two attached hydrogens (primary N) is 1. The molecule has 1 saturated carbocycles. The van der Waals surface area contributed by atoms with Crippen molar-refractivity contribution in [2.45, 2.75) is 63.9 Å². The summed E-state index contributed by atoms with van der Waals surface area (Å²) in [7, 11) is -4.31. The van der Waals surface area contributed by atoms with E-state index in [0.717, 1.165) is 25.7 Å². The normalized spacial score (nSPS) is 17.5. The van der Waals surface area contributed by atoms with Crippen LogP contribution in [0.15, 0.2) is 53.6 Å². The van der Waals surface area contributed by atoms with E-state index in [9.17, 15) is 17.6 Å². The highest BCUT2D eigenvalue weighted by Crippen LogP contribution is 2.55. The lowest BCUT2D eigenvalue weighted by atomic mass is 9.66. The third kappa shape index (κ3) is 6.00. The third-order valence-electron chi connectivity index (χ3n) is 7.82. The third-order valence-corrected chi connectivity index (χ3v) is 9.05. The molecule has 2 aromatic heterocycles. The lowest BCUT2D eigenvalue weighted by Gasteiger charge is -2.38. The number of halogens is 1. The van der Waals surface area contributed by atoms with Crippen molar-refractivity contribution in [2.75, 3.05) is 23.8 Å². The molecule has 2 fully saturated rings. The van der Waals surface area contributed by atoms with E-state index in [1.54, 1.807) is 12.1 Å². The SMILES string of the molecule is CC(C)COc1cc(F)cc(-c2ccc(C(=O)NS(=O)(=O)c3cccc(N)n3)c(N3CC4(CCC4)CC3(C)C)n2)c1. The van der Waals surface area contributed by atoms with Crippen LogP contribution >= 0.6 is 0 Å². The highest BCUT2D eigenvalue weighted by Gasteiger charge is 2.52. The summed E-state index contributed by atoms with van der Waals surface area (Å²) in [5.41, 5.74) is 6.47. The average molecular weight is 582 g/mol. The van der Waals surface area contributed by atoms with Gasteiger partial charge >= 0.3 is 0 Å². The lowest BCUT2D eigenvalue weighted by molar-refractivity contribution is 0.0981. The van der Waals surface area contributed by atoms with Gasteiger partial charge in [0.15, 0.2) is 5.03 Å². The number of pyridine rings is 2. The van der Waals surface area contributed by atoms with E-state index < -0.39 is 21.7 Å². The summed E-state index contributed by atoms with van der Waals surface area (Å²) in [5, 5.41) is -0.361. The molecule has 3 N–H and O–H groups in total. The number of nitrogen functional groups attached to an aromatic ring is 1. The van der Waals surface area contributed by atoms with E-state index in [4.69, 9.17) is 15.5 Å². The van der Waals surface area contributed by atoms with E-state index in [1.807, 2.05) is 13.8 Å². The number of amides is 1. The van der Waals surface area contributed by atoms with Crippen molar-refractivity contribution in [2.24, 2.45) is 11.3 Å². The number of nitrogens with one attached hydrogen (secondary N) is 1. The smallest absolute Gasteiger partial charge is 0.281 e. The molecule has 5 rings (SSSR count). The Balaban J connectivity index is 1.56. The highest BCUT2D eigenvalue weighted by molar-refractivity contribution is 7.90. The van der Waals surface area contributed by atoms with Crippen LogP contribution in [-0.2, 0) is 10.0 Å². The van der Waals surface area contributed by atoms with Crippen LogP contribution < -0.4 is 20.1 Å². The molecule has 41 heavy (non-hydrogen) atoms. The zero-order chi connectivity index (χ0) is 29.6. The Morgan fingerprint density at radius 1 is 1.15 bits per heavy atom. The molecule has 9 nitrogen and oxygen atoms in total. The summed E-state index contributed by atoms with van der Waals surface area (Å²) >= 11 is 0. The second-order valence-electron chi connectivity index (χ2n) is 12.2. The monoisotopic (exact) mass is 581 g/mol. The van der Waals surface area contributed by atoms with E-state index in [2.05, 4.69) is 28.5 Å². The van der Waals surface area contributed by atoms with Gasteiger partial charge < -0.3 is 15.4 Å². The minimum absolute atomic E-state index is 0.0171. The Kier molecular flexibility index (Phi) is 7.44. The number of benzene rings is 1. The van der Waals surface area contributed by atoms with Crippen LogP contribution in [0, 0.1) is 17.2 Å². The van der Waals surface area contributed by atoms with Gasteiger partial charge in [-0.15, -0.1) is 0 Å². The number of aromatic nitrogens is 2. The number of carbonyl (C=O) groups is 1. The van der Waals surface area contributed by atoms with Gasteiger partial charge in [0.05, 0.1) is 17.9 Å². The first-order chi connectivity index (χ1) is 19.3. The van der Waals surface area contributed by atoms with Gasteiger partial charge in [0.25, 0.3) is 15.9 Å². The van der Waals surface area contributed by atoms with Crippen LogP contribution in [0.2, 0.25) is 0 Å². The zero-order valence-electron chi connectivity index (χ0n) is 23.8. The number of sulfonamides is 1. The maximum Gasteiger partial charge on any atom is 0.281 e. The molecule has 3 aromatic rings. The Morgan fingerprint density at radius 2 is 1.90 bits per heavy atom. The van der Waals surface area contributed by atoms with Crippen molar-refractivity contribution < 1.29 is 22.3 Å².